The van der Waals surface area contributed by atoms with E-state index in [1.807, 2.05) is 61.4 Å². The van der Waals surface area contributed by atoms with E-state index in [0.29, 0.717) is 30.7 Å². The minimum atomic E-state index is 0. The fourth-order valence-corrected chi connectivity index (χ4v) is 4.14. The van der Waals surface area contributed by atoms with Gasteiger partial charge in [0, 0.05) is 62.9 Å². The van der Waals surface area contributed by atoms with Gasteiger partial charge in [-0.05, 0) is 31.2 Å². The Kier molecular flexibility index (Phi) is 5.85. The van der Waals surface area contributed by atoms with Crippen molar-refractivity contribution in [2.45, 2.75) is 6.92 Å². The average molecular weight is 459 g/mol. The van der Waals surface area contributed by atoms with Gasteiger partial charge in [-0.3, -0.25) is 0 Å². The molecule has 1 fully saturated rings. The number of nitrogens with zero attached hydrogens (tertiary/aromatic N) is 5. The van der Waals surface area contributed by atoms with Crippen molar-refractivity contribution in [1.29, 1.82) is 5.41 Å². The molecule has 0 radical (unpaired) electrons. The lowest BCUT2D eigenvalue weighted by molar-refractivity contribution is 0.122. The standard InChI is InChI=1S/C25H28N8O.H2/c1-16(26)19-6-4-17(12-22(19)27-2)21-14-24(31-25(30-21)33-8-10-34-11-9-33)29-18-5-7-20-23(13-18)32(3)15-28-20;/h4-7,12-15,26-27H,8-11H2,1-3H3,(H,29,30,31);1H. The molecule has 1 aliphatic heterocycles. The maximum absolute atomic E-state index is 8.04. The lowest BCUT2D eigenvalue weighted by Crippen LogP contribution is -2.37. The zero-order valence-corrected chi connectivity index (χ0v) is 19.6. The molecular formula is C25H30N8O. The van der Waals surface area contributed by atoms with Gasteiger partial charge in [0.25, 0.3) is 0 Å². The normalized spacial score (nSPS) is 13.8. The molecule has 2 aromatic carbocycles. The fourth-order valence-electron chi connectivity index (χ4n) is 4.14. The van der Waals surface area contributed by atoms with Gasteiger partial charge in [0.15, 0.2) is 0 Å². The molecule has 1 saturated heterocycles. The Morgan fingerprint density at radius 3 is 2.68 bits per heavy atom. The van der Waals surface area contributed by atoms with Crippen molar-refractivity contribution in [2.24, 2.45) is 7.05 Å². The number of aryl methyl sites for hydroxylation is 1. The van der Waals surface area contributed by atoms with Crippen molar-refractivity contribution >= 4 is 39.9 Å². The number of benzene rings is 2. The fraction of sp³-hybridized carbons (Fsp3) is 0.280. The number of hydrogen-bond donors (Lipinski definition) is 3. The first-order valence-electron chi connectivity index (χ1n) is 11.3. The topological polar surface area (TPSA) is 104 Å². The zero-order valence-electron chi connectivity index (χ0n) is 19.6. The van der Waals surface area contributed by atoms with Gasteiger partial charge in [-0.25, -0.2) is 9.97 Å². The van der Waals surface area contributed by atoms with E-state index in [4.69, 9.17) is 20.1 Å². The molecule has 0 aliphatic carbocycles. The summed E-state index contributed by atoms with van der Waals surface area (Å²) in [6.07, 6.45) is 1.81. The van der Waals surface area contributed by atoms with E-state index in [1.54, 1.807) is 6.92 Å². The van der Waals surface area contributed by atoms with Gasteiger partial charge in [0.1, 0.15) is 5.82 Å². The summed E-state index contributed by atoms with van der Waals surface area (Å²) in [6, 6.07) is 14.0. The van der Waals surface area contributed by atoms with Crippen molar-refractivity contribution in [3.63, 3.8) is 0 Å². The van der Waals surface area contributed by atoms with Crippen LogP contribution in [-0.4, -0.2) is 58.6 Å². The Morgan fingerprint density at radius 1 is 1.09 bits per heavy atom. The van der Waals surface area contributed by atoms with E-state index in [-0.39, 0.29) is 1.43 Å². The molecular weight excluding hydrogens is 428 g/mol. The molecule has 0 atom stereocenters. The lowest BCUT2D eigenvalue weighted by Gasteiger charge is -2.27. The van der Waals surface area contributed by atoms with E-state index in [0.717, 1.165) is 52.3 Å². The first kappa shape index (κ1) is 21.8. The summed E-state index contributed by atoms with van der Waals surface area (Å²) in [5, 5.41) is 14.7. The summed E-state index contributed by atoms with van der Waals surface area (Å²) >= 11 is 0. The molecule has 34 heavy (non-hydrogen) atoms. The smallest absolute Gasteiger partial charge is 0.228 e. The molecule has 2 aromatic heterocycles. The van der Waals surface area contributed by atoms with Crippen LogP contribution in [0.3, 0.4) is 0 Å². The number of ether oxygens (including phenoxy) is 1. The second-order valence-corrected chi connectivity index (χ2v) is 8.36. The molecule has 0 amide bonds. The Labute approximate surface area is 199 Å². The largest absolute Gasteiger partial charge is 0.388 e. The van der Waals surface area contributed by atoms with Crippen LogP contribution < -0.4 is 15.5 Å². The van der Waals surface area contributed by atoms with Crippen LogP contribution in [0.5, 0.6) is 0 Å². The van der Waals surface area contributed by atoms with Crippen LogP contribution in [0.1, 0.15) is 13.9 Å². The van der Waals surface area contributed by atoms with Crippen LogP contribution >= 0.6 is 0 Å². The number of hydrogen-bond acceptors (Lipinski definition) is 8. The van der Waals surface area contributed by atoms with E-state index in [1.165, 1.54) is 0 Å². The Bertz CT molecular complexity index is 1360. The van der Waals surface area contributed by atoms with Crippen LogP contribution in [0.4, 0.5) is 23.1 Å². The first-order valence-corrected chi connectivity index (χ1v) is 11.3. The van der Waals surface area contributed by atoms with Gasteiger partial charge in [0.05, 0.1) is 36.3 Å². The van der Waals surface area contributed by atoms with E-state index >= 15 is 0 Å². The maximum atomic E-state index is 8.04. The van der Waals surface area contributed by atoms with Gasteiger partial charge in [-0.1, -0.05) is 12.1 Å². The summed E-state index contributed by atoms with van der Waals surface area (Å²) in [4.78, 5) is 16.3. The molecule has 5 rings (SSSR count). The van der Waals surface area contributed by atoms with E-state index in [9.17, 15) is 0 Å². The third kappa shape index (κ3) is 4.29. The van der Waals surface area contributed by atoms with Crippen molar-refractivity contribution < 1.29 is 6.16 Å². The number of nitrogens with one attached hydrogen (secondary N) is 3. The van der Waals surface area contributed by atoms with Gasteiger partial charge < -0.3 is 30.2 Å². The minimum absolute atomic E-state index is 0. The summed E-state index contributed by atoms with van der Waals surface area (Å²) in [7, 11) is 3.85. The number of anilines is 4. The van der Waals surface area contributed by atoms with Crippen molar-refractivity contribution in [2.75, 3.05) is 48.9 Å². The third-order valence-electron chi connectivity index (χ3n) is 5.99. The molecule has 9 heteroatoms. The van der Waals surface area contributed by atoms with E-state index < -0.39 is 0 Å². The molecule has 1 aliphatic rings. The predicted molar refractivity (Wildman–Crippen MR) is 139 cm³/mol. The van der Waals surface area contributed by atoms with Crippen molar-refractivity contribution in [1.82, 2.24) is 19.5 Å². The van der Waals surface area contributed by atoms with Crippen LogP contribution in [0.25, 0.3) is 22.3 Å². The number of imidazole rings is 1. The second-order valence-electron chi connectivity index (χ2n) is 8.36. The molecule has 4 aromatic rings. The average Bonchev–Trinajstić information content (AvgIpc) is 3.24. The SMILES string of the molecule is CNc1cc(-c2cc(Nc3ccc4ncn(C)c4c3)nc(N3CCOCC3)n2)ccc1C(C)=N.[HH]. The van der Waals surface area contributed by atoms with Crippen molar-refractivity contribution in [3.05, 3.63) is 54.4 Å². The Hall–Kier alpha value is -3.98. The molecule has 3 N–H and O–H groups in total. The highest BCUT2D eigenvalue weighted by atomic mass is 16.5. The van der Waals surface area contributed by atoms with Crippen LogP contribution in [0.15, 0.2) is 48.8 Å². The number of rotatable bonds is 6. The predicted octanol–water partition coefficient (Wildman–Crippen LogP) is 4.29. The summed E-state index contributed by atoms with van der Waals surface area (Å²) in [5.41, 5.74) is 6.97. The molecule has 0 spiro atoms. The molecule has 0 saturated carbocycles. The number of morpholine rings is 1. The van der Waals surface area contributed by atoms with E-state index in [2.05, 4.69) is 26.6 Å². The van der Waals surface area contributed by atoms with Crippen LogP contribution in [0.2, 0.25) is 0 Å². The number of aromatic nitrogens is 4. The highest BCUT2D eigenvalue weighted by molar-refractivity contribution is 6.02. The second kappa shape index (κ2) is 9.11. The molecule has 9 nitrogen and oxygen atoms in total. The third-order valence-corrected chi connectivity index (χ3v) is 5.99. The summed E-state index contributed by atoms with van der Waals surface area (Å²) in [6.45, 7) is 4.60. The van der Waals surface area contributed by atoms with Crippen molar-refractivity contribution in [3.8, 4) is 11.3 Å². The minimum Gasteiger partial charge on any atom is -0.388 e. The Morgan fingerprint density at radius 2 is 1.91 bits per heavy atom. The highest BCUT2D eigenvalue weighted by Crippen LogP contribution is 2.29. The monoisotopic (exact) mass is 458 g/mol. The van der Waals surface area contributed by atoms with Gasteiger partial charge in [-0.15, -0.1) is 0 Å². The maximum Gasteiger partial charge on any atom is 0.228 e. The van der Waals surface area contributed by atoms with Gasteiger partial charge >= 0.3 is 0 Å². The Balaban J connectivity index is 0.00000289. The summed E-state index contributed by atoms with van der Waals surface area (Å²) < 4.78 is 7.52. The quantitative estimate of drug-likeness (QED) is 0.370. The lowest BCUT2D eigenvalue weighted by atomic mass is 10.0. The van der Waals surface area contributed by atoms with Gasteiger partial charge in [-0.2, -0.15) is 4.98 Å². The van der Waals surface area contributed by atoms with Crippen LogP contribution in [-0.2, 0) is 11.8 Å². The zero-order chi connectivity index (χ0) is 23.7. The first-order chi connectivity index (χ1) is 16.5. The summed E-state index contributed by atoms with van der Waals surface area (Å²) in [5.74, 6) is 1.38. The molecule has 0 bridgehead atoms. The number of fused-ring (bicyclic) bond motifs is 1. The van der Waals surface area contributed by atoms with Gasteiger partial charge in [0.2, 0.25) is 5.95 Å². The molecule has 0 unspecified atom stereocenters. The highest BCUT2D eigenvalue weighted by Gasteiger charge is 2.17. The molecule has 176 valence electrons. The van der Waals surface area contributed by atoms with Crippen LogP contribution in [0, 0.1) is 5.41 Å². The molecule has 3 heterocycles.